The SMILES string of the molecule is CCN(CCO)CCCCC[C@H]1CC[C@@H](N(C)S(=O)(=O)c2ccc(C(F)(F)F)cc2)CC1. The lowest BCUT2D eigenvalue weighted by Gasteiger charge is -2.34. The van der Waals surface area contributed by atoms with Crippen LogP contribution in [0.15, 0.2) is 29.2 Å². The molecular weight excluding hydrogens is 441 g/mol. The number of unbranched alkanes of at least 4 members (excludes halogenated alkanes) is 2. The Kier molecular flexibility index (Phi) is 10.4. The zero-order valence-corrected chi connectivity index (χ0v) is 20.0. The Balaban J connectivity index is 1.77. The highest BCUT2D eigenvalue weighted by Gasteiger charge is 2.33. The second kappa shape index (κ2) is 12.3. The van der Waals surface area contributed by atoms with E-state index in [0.29, 0.717) is 5.92 Å². The number of rotatable bonds is 12. The Bertz CT molecular complexity index is 777. The van der Waals surface area contributed by atoms with Gasteiger partial charge in [-0.25, -0.2) is 8.42 Å². The number of sulfonamides is 1. The molecule has 1 N–H and O–H groups in total. The van der Waals surface area contributed by atoms with Crippen molar-refractivity contribution in [2.45, 2.75) is 75.4 Å². The maximum absolute atomic E-state index is 12.9. The molecule has 0 amide bonds. The summed E-state index contributed by atoms with van der Waals surface area (Å²) in [6.07, 6.45) is 3.61. The van der Waals surface area contributed by atoms with Gasteiger partial charge < -0.3 is 10.0 Å². The first-order valence-electron chi connectivity index (χ1n) is 11.6. The van der Waals surface area contributed by atoms with Gasteiger partial charge in [0.15, 0.2) is 0 Å². The fourth-order valence-corrected chi connectivity index (χ4v) is 5.91. The van der Waals surface area contributed by atoms with Crippen LogP contribution < -0.4 is 0 Å². The maximum Gasteiger partial charge on any atom is 0.416 e. The van der Waals surface area contributed by atoms with Crippen LogP contribution in [0, 0.1) is 5.92 Å². The van der Waals surface area contributed by atoms with Crippen molar-refractivity contribution < 1.29 is 26.7 Å². The van der Waals surface area contributed by atoms with Crippen LogP contribution in [-0.2, 0) is 16.2 Å². The molecule has 32 heavy (non-hydrogen) atoms. The van der Waals surface area contributed by atoms with E-state index in [1.165, 1.54) is 11.4 Å². The van der Waals surface area contributed by atoms with Crippen molar-refractivity contribution in [2.24, 2.45) is 5.92 Å². The quantitative estimate of drug-likeness (QED) is 0.440. The smallest absolute Gasteiger partial charge is 0.395 e. The zero-order chi connectivity index (χ0) is 23.8. The summed E-state index contributed by atoms with van der Waals surface area (Å²) < 4.78 is 65.3. The van der Waals surface area contributed by atoms with E-state index in [4.69, 9.17) is 5.11 Å². The highest BCUT2D eigenvalue weighted by Crippen LogP contribution is 2.34. The van der Waals surface area contributed by atoms with Crippen molar-refractivity contribution in [3.63, 3.8) is 0 Å². The predicted molar refractivity (Wildman–Crippen MR) is 120 cm³/mol. The monoisotopic (exact) mass is 478 g/mol. The van der Waals surface area contributed by atoms with Gasteiger partial charge in [0.2, 0.25) is 10.0 Å². The molecule has 0 aliphatic heterocycles. The van der Waals surface area contributed by atoms with Gasteiger partial charge in [-0.3, -0.25) is 0 Å². The number of alkyl halides is 3. The first-order chi connectivity index (χ1) is 15.1. The first-order valence-corrected chi connectivity index (χ1v) is 13.0. The van der Waals surface area contributed by atoms with Gasteiger partial charge in [0.05, 0.1) is 17.1 Å². The molecule has 0 atom stereocenters. The summed E-state index contributed by atoms with van der Waals surface area (Å²) in [5.41, 5.74) is -0.851. The molecule has 0 aromatic heterocycles. The van der Waals surface area contributed by atoms with Crippen LogP contribution >= 0.6 is 0 Å². The standard InChI is InChI=1S/C23H37F3N2O3S/c1-3-28(17-18-29)16-6-4-5-7-19-8-12-21(13-9-19)27(2)32(30,31)22-14-10-20(11-15-22)23(24,25)26/h10-11,14-15,19,21,29H,3-9,12-13,16-18H2,1-2H3/t19-,21+. The number of nitrogens with zero attached hydrogens (tertiary/aromatic N) is 2. The summed E-state index contributed by atoms with van der Waals surface area (Å²) in [6, 6.07) is 3.61. The van der Waals surface area contributed by atoms with Crippen molar-refractivity contribution >= 4 is 10.0 Å². The normalized spacial score (nSPS) is 20.2. The second-order valence-electron chi connectivity index (χ2n) is 8.73. The Morgan fingerprint density at radius 1 is 1.00 bits per heavy atom. The summed E-state index contributed by atoms with van der Waals surface area (Å²) in [6.45, 7) is 4.98. The minimum absolute atomic E-state index is 0.0996. The minimum atomic E-state index is -4.48. The van der Waals surface area contributed by atoms with Crippen LogP contribution in [0.2, 0.25) is 0 Å². The molecule has 1 fully saturated rings. The molecule has 1 aromatic carbocycles. The highest BCUT2D eigenvalue weighted by atomic mass is 32.2. The minimum Gasteiger partial charge on any atom is -0.395 e. The van der Waals surface area contributed by atoms with Gasteiger partial charge in [-0.1, -0.05) is 26.2 Å². The molecule has 1 saturated carbocycles. The van der Waals surface area contributed by atoms with Crippen LogP contribution in [0.3, 0.4) is 0 Å². The topological polar surface area (TPSA) is 60.9 Å². The molecule has 9 heteroatoms. The fraction of sp³-hybridized carbons (Fsp3) is 0.739. The van der Waals surface area contributed by atoms with Gasteiger partial charge in [-0.05, 0) is 75.4 Å². The van der Waals surface area contributed by atoms with E-state index in [1.54, 1.807) is 0 Å². The molecule has 1 aromatic rings. The van der Waals surface area contributed by atoms with Gasteiger partial charge in [0, 0.05) is 19.6 Å². The zero-order valence-electron chi connectivity index (χ0n) is 19.1. The average molecular weight is 479 g/mol. The first kappa shape index (κ1) is 27.1. The summed E-state index contributed by atoms with van der Waals surface area (Å²) in [7, 11) is -2.28. The lowest BCUT2D eigenvalue weighted by Crippen LogP contribution is -2.39. The van der Waals surface area contributed by atoms with E-state index >= 15 is 0 Å². The van der Waals surface area contributed by atoms with E-state index in [-0.39, 0.29) is 17.5 Å². The summed E-state index contributed by atoms with van der Waals surface area (Å²) in [5.74, 6) is 0.605. The van der Waals surface area contributed by atoms with E-state index in [9.17, 15) is 21.6 Å². The molecule has 1 aliphatic rings. The number of hydrogen-bond donors (Lipinski definition) is 1. The van der Waals surface area contributed by atoms with Crippen LogP contribution in [0.4, 0.5) is 13.2 Å². The van der Waals surface area contributed by atoms with E-state index in [1.807, 2.05) is 0 Å². The largest absolute Gasteiger partial charge is 0.416 e. The number of likely N-dealkylation sites (N-methyl/N-ethyl adjacent to an activating group) is 1. The van der Waals surface area contributed by atoms with Crippen LogP contribution in [-0.4, -0.2) is 62.1 Å². The van der Waals surface area contributed by atoms with Crippen molar-refractivity contribution in [3.8, 4) is 0 Å². The van der Waals surface area contributed by atoms with Crippen molar-refractivity contribution in [3.05, 3.63) is 29.8 Å². The second-order valence-corrected chi connectivity index (χ2v) is 10.7. The van der Waals surface area contributed by atoms with E-state index < -0.39 is 21.8 Å². The molecular formula is C23H37F3N2O3S. The number of halogens is 3. The summed E-state index contributed by atoms with van der Waals surface area (Å²) >= 11 is 0. The summed E-state index contributed by atoms with van der Waals surface area (Å²) in [5, 5.41) is 9.03. The van der Waals surface area contributed by atoms with E-state index in [0.717, 1.165) is 95.3 Å². The maximum atomic E-state index is 12.9. The van der Waals surface area contributed by atoms with Gasteiger partial charge in [0.1, 0.15) is 0 Å². The molecule has 1 aliphatic carbocycles. The van der Waals surface area contributed by atoms with Crippen LogP contribution in [0.25, 0.3) is 0 Å². The molecule has 0 heterocycles. The Labute approximate surface area is 190 Å². The number of aliphatic hydroxyl groups excluding tert-OH is 1. The highest BCUT2D eigenvalue weighted by molar-refractivity contribution is 7.89. The molecule has 0 bridgehead atoms. The molecule has 5 nitrogen and oxygen atoms in total. The number of aliphatic hydroxyl groups is 1. The fourth-order valence-electron chi connectivity index (χ4n) is 4.49. The Hall–Kier alpha value is -1.16. The van der Waals surface area contributed by atoms with Crippen molar-refractivity contribution in [1.29, 1.82) is 0 Å². The molecule has 2 rings (SSSR count). The molecule has 184 valence electrons. The van der Waals surface area contributed by atoms with Gasteiger partial charge in [-0.2, -0.15) is 17.5 Å². The average Bonchev–Trinajstić information content (AvgIpc) is 2.77. The lowest BCUT2D eigenvalue weighted by molar-refractivity contribution is -0.137. The molecule has 0 saturated heterocycles. The van der Waals surface area contributed by atoms with Crippen LogP contribution in [0.1, 0.15) is 63.9 Å². The Morgan fingerprint density at radius 2 is 1.62 bits per heavy atom. The van der Waals surface area contributed by atoms with E-state index in [2.05, 4.69) is 11.8 Å². The van der Waals surface area contributed by atoms with Crippen molar-refractivity contribution in [2.75, 3.05) is 33.3 Å². The lowest BCUT2D eigenvalue weighted by atomic mass is 9.83. The van der Waals surface area contributed by atoms with Crippen molar-refractivity contribution in [1.82, 2.24) is 9.21 Å². The molecule has 0 spiro atoms. The third kappa shape index (κ3) is 7.71. The molecule has 0 radical (unpaired) electrons. The van der Waals surface area contributed by atoms with Gasteiger partial charge in [0.25, 0.3) is 0 Å². The third-order valence-electron chi connectivity index (χ3n) is 6.64. The molecule has 0 unspecified atom stereocenters. The van der Waals surface area contributed by atoms with Crippen LogP contribution in [0.5, 0.6) is 0 Å². The predicted octanol–water partition coefficient (Wildman–Crippen LogP) is 4.76. The summed E-state index contributed by atoms with van der Waals surface area (Å²) in [4.78, 5) is 2.15. The van der Waals surface area contributed by atoms with Gasteiger partial charge in [-0.15, -0.1) is 0 Å². The number of benzene rings is 1. The third-order valence-corrected chi connectivity index (χ3v) is 8.56. The van der Waals surface area contributed by atoms with Gasteiger partial charge >= 0.3 is 6.18 Å². The number of hydrogen-bond acceptors (Lipinski definition) is 4. The Morgan fingerprint density at radius 3 is 2.16 bits per heavy atom.